The largest absolute Gasteiger partial charge is 0.481 e. The van der Waals surface area contributed by atoms with Gasteiger partial charge in [-0.3, -0.25) is 4.79 Å². The van der Waals surface area contributed by atoms with Crippen LogP contribution < -0.4 is 5.32 Å². The van der Waals surface area contributed by atoms with Gasteiger partial charge in [-0.1, -0.05) is 66.2 Å². The molecule has 3 aromatic carbocycles. The van der Waals surface area contributed by atoms with E-state index in [2.05, 4.69) is 50.4 Å². The molecule has 0 saturated carbocycles. The zero-order valence-electron chi connectivity index (χ0n) is 23.2. The van der Waals surface area contributed by atoms with Crippen LogP contribution in [0.15, 0.2) is 77.7 Å². The quantitative estimate of drug-likeness (QED) is 0.269. The number of benzene rings is 3. The van der Waals surface area contributed by atoms with Crippen molar-refractivity contribution in [3.8, 4) is 11.1 Å². The van der Waals surface area contributed by atoms with Crippen molar-refractivity contribution in [2.24, 2.45) is 0 Å². The van der Waals surface area contributed by atoms with Crippen LogP contribution >= 0.6 is 0 Å². The molecule has 0 aliphatic rings. The van der Waals surface area contributed by atoms with E-state index in [0.29, 0.717) is 11.1 Å². The van der Waals surface area contributed by atoms with E-state index in [4.69, 9.17) is 5.11 Å². The Balaban J connectivity index is 1.55. The predicted molar refractivity (Wildman–Crippen MR) is 155 cm³/mol. The van der Waals surface area contributed by atoms with Crippen LogP contribution in [-0.2, 0) is 27.7 Å². The Morgan fingerprint density at radius 2 is 1.67 bits per heavy atom. The van der Waals surface area contributed by atoms with Crippen LogP contribution in [0.2, 0.25) is 0 Å². The lowest BCUT2D eigenvalue weighted by Crippen LogP contribution is -2.46. The number of carboxylic acid groups (broad SMARTS) is 1. The van der Waals surface area contributed by atoms with E-state index in [1.807, 2.05) is 6.07 Å². The van der Waals surface area contributed by atoms with Gasteiger partial charge in [-0.2, -0.15) is 4.31 Å². The Morgan fingerprint density at radius 3 is 2.33 bits per heavy atom. The van der Waals surface area contributed by atoms with Gasteiger partial charge < -0.3 is 15.5 Å². The molecule has 8 heteroatoms. The molecule has 0 heterocycles. The normalized spacial score (nSPS) is 13.0. The van der Waals surface area contributed by atoms with Crippen molar-refractivity contribution in [2.45, 2.75) is 63.0 Å². The average Bonchev–Trinajstić information content (AvgIpc) is 2.88. The molecule has 0 fully saturated rings. The number of aryl methyl sites for hydroxylation is 2. The van der Waals surface area contributed by atoms with Crippen LogP contribution in [0.3, 0.4) is 0 Å². The molecule has 0 spiro atoms. The SMILES string of the molecule is Cc1cccc(CCCC(C)(C)NC[C@@H](O)CN(C)S(=O)(=O)c2cccc(-c3ccc(CC(=O)O)cc3)c2)c1. The van der Waals surface area contributed by atoms with E-state index in [1.165, 1.54) is 28.5 Å². The molecule has 3 rings (SSSR count). The molecule has 39 heavy (non-hydrogen) atoms. The minimum absolute atomic E-state index is 0.0389. The smallest absolute Gasteiger partial charge is 0.307 e. The fraction of sp³-hybridized carbons (Fsp3) is 0.387. The Labute approximate surface area is 232 Å². The van der Waals surface area contributed by atoms with Crippen molar-refractivity contribution >= 4 is 16.0 Å². The van der Waals surface area contributed by atoms with Crippen molar-refractivity contribution in [1.82, 2.24) is 9.62 Å². The first-order valence-corrected chi connectivity index (χ1v) is 14.7. The Kier molecular flexibility index (Phi) is 10.4. The van der Waals surface area contributed by atoms with Gasteiger partial charge in [-0.05, 0) is 74.4 Å². The maximum absolute atomic E-state index is 13.3. The van der Waals surface area contributed by atoms with Crippen LogP contribution in [0.4, 0.5) is 0 Å². The zero-order valence-corrected chi connectivity index (χ0v) is 24.0. The summed E-state index contributed by atoms with van der Waals surface area (Å²) < 4.78 is 27.7. The van der Waals surface area contributed by atoms with Crippen LogP contribution in [0, 0.1) is 6.92 Å². The third-order valence-corrected chi connectivity index (χ3v) is 8.64. The van der Waals surface area contributed by atoms with Crippen LogP contribution in [-0.4, -0.2) is 60.7 Å². The summed E-state index contributed by atoms with van der Waals surface area (Å²) in [4.78, 5) is 11.0. The predicted octanol–water partition coefficient (Wildman–Crippen LogP) is 4.66. The third kappa shape index (κ3) is 9.28. The van der Waals surface area contributed by atoms with Crippen molar-refractivity contribution in [3.63, 3.8) is 0 Å². The minimum Gasteiger partial charge on any atom is -0.481 e. The molecule has 1 atom stereocenters. The number of sulfonamides is 1. The number of aliphatic carboxylic acids is 1. The summed E-state index contributed by atoms with van der Waals surface area (Å²) in [6.45, 7) is 6.52. The number of β-amino-alcohol motifs (C(OH)–C–C–N with tert-alkyl or cyclic N) is 1. The number of hydrogen-bond donors (Lipinski definition) is 3. The standard InChI is InChI=1S/C31H40N2O5S/c1-23-8-5-9-24(18-23)10-7-17-31(2,3)32-21-28(34)22-33(4)39(37,38)29-12-6-11-27(20-29)26-15-13-25(14-16-26)19-30(35)36/h5-6,8-9,11-16,18,20,28,32,34H,7,10,17,19,21-22H2,1-4H3,(H,35,36)/t28-/m1/s1. The molecule has 0 unspecified atom stereocenters. The van der Waals surface area contributed by atoms with E-state index < -0.39 is 22.1 Å². The summed E-state index contributed by atoms with van der Waals surface area (Å²) in [5, 5.41) is 23.0. The molecule has 0 aliphatic heterocycles. The number of aliphatic hydroxyl groups is 1. The summed E-state index contributed by atoms with van der Waals surface area (Å²) in [5.41, 5.74) is 4.55. The van der Waals surface area contributed by atoms with Gasteiger partial charge >= 0.3 is 5.97 Å². The highest BCUT2D eigenvalue weighted by Gasteiger charge is 2.25. The lowest BCUT2D eigenvalue weighted by Gasteiger charge is -2.29. The molecule has 0 aromatic heterocycles. The topological polar surface area (TPSA) is 107 Å². The summed E-state index contributed by atoms with van der Waals surface area (Å²) in [6.07, 6.45) is 1.98. The summed E-state index contributed by atoms with van der Waals surface area (Å²) in [7, 11) is -2.35. The fourth-order valence-electron chi connectivity index (χ4n) is 4.55. The molecule has 0 aliphatic carbocycles. The number of rotatable bonds is 14. The lowest BCUT2D eigenvalue weighted by molar-refractivity contribution is -0.136. The molecule has 0 amide bonds. The summed E-state index contributed by atoms with van der Waals surface area (Å²) in [6, 6.07) is 22.2. The van der Waals surface area contributed by atoms with Gasteiger partial charge in [0.15, 0.2) is 0 Å². The first kappa shape index (κ1) is 30.5. The molecule has 0 saturated heterocycles. The average molecular weight is 553 g/mol. The third-order valence-electron chi connectivity index (χ3n) is 6.82. The van der Waals surface area contributed by atoms with E-state index >= 15 is 0 Å². The molecule has 7 nitrogen and oxygen atoms in total. The molecule has 0 radical (unpaired) electrons. The number of aliphatic hydroxyl groups excluding tert-OH is 1. The van der Waals surface area contributed by atoms with Gasteiger partial charge in [-0.15, -0.1) is 0 Å². The number of nitrogens with one attached hydrogen (secondary N) is 1. The number of likely N-dealkylation sites (N-methyl/N-ethyl adjacent to an activating group) is 1. The highest BCUT2D eigenvalue weighted by Crippen LogP contribution is 2.25. The maximum Gasteiger partial charge on any atom is 0.307 e. The minimum atomic E-state index is -3.82. The maximum atomic E-state index is 13.3. The molecular weight excluding hydrogens is 512 g/mol. The summed E-state index contributed by atoms with van der Waals surface area (Å²) in [5.74, 6) is -0.905. The second-order valence-corrected chi connectivity index (χ2v) is 12.9. The van der Waals surface area contributed by atoms with Gasteiger partial charge in [0.1, 0.15) is 0 Å². The number of carbonyl (C=O) groups is 1. The molecule has 210 valence electrons. The van der Waals surface area contributed by atoms with E-state index in [1.54, 1.807) is 36.4 Å². The van der Waals surface area contributed by atoms with E-state index in [0.717, 1.165) is 24.8 Å². The van der Waals surface area contributed by atoms with Gasteiger partial charge in [0.05, 0.1) is 17.4 Å². The second kappa shape index (κ2) is 13.3. The number of hydrogen-bond acceptors (Lipinski definition) is 5. The van der Waals surface area contributed by atoms with E-state index in [-0.39, 0.29) is 29.9 Å². The van der Waals surface area contributed by atoms with Crippen molar-refractivity contribution in [2.75, 3.05) is 20.1 Å². The van der Waals surface area contributed by atoms with Crippen LogP contribution in [0.25, 0.3) is 11.1 Å². The van der Waals surface area contributed by atoms with Crippen LogP contribution in [0.5, 0.6) is 0 Å². The lowest BCUT2D eigenvalue weighted by atomic mass is 9.95. The van der Waals surface area contributed by atoms with Crippen molar-refractivity contribution in [1.29, 1.82) is 0 Å². The molecule has 3 aromatic rings. The number of nitrogens with zero attached hydrogens (tertiary/aromatic N) is 1. The molecule has 3 N–H and O–H groups in total. The van der Waals surface area contributed by atoms with Crippen LogP contribution in [0.1, 0.15) is 43.4 Å². The van der Waals surface area contributed by atoms with Gasteiger partial charge in [-0.25, -0.2) is 8.42 Å². The first-order valence-electron chi connectivity index (χ1n) is 13.2. The van der Waals surface area contributed by atoms with Gasteiger partial charge in [0, 0.05) is 25.7 Å². The summed E-state index contributed by atoms with van der Waals surface area (Å²) >= 11 is 0. The van der Waals surface area contributed by atoms with Crippen molar-refractivity contribution in [3.05, 3.63) is 89.5 Å². The number of carboxylic acids is 1. The first-order chi connectivity index (χ1) is 18.4. The second-order valence-electron chi connectivity index (χ2n) is 10.8. The fourth-order valence-corrected chi connectivity index (χ4v) is 5.80. The van der Waals surface area contributed by atoms with E-state index in [9.17, 15) is 18.3 Å². The van der Waals surface area contributed by atoms with Gasteiger partial charge in [0.2, 0.25) is 10.0 Å². The Bertz CT molecular complexity index is 1350. The Morgan fingerprint density at radius 1 is 0.974 bits per heavy atom. The highest BCUT2D eigenvalue weighted by atomic mass is 32.2. The monoisotopic (exact) mass is 552 g/mol. The van der Waals surface area contributed by atoms with Gasteiger partial charge in [0.25, 0.3) is 0 Å². The Hall–Kier alpha value is -3.04. The zero-order chi connectivity index (χ0) is 28.6. The molecular formula is C31H40N2O5S. The molecule has 0 bridgehead atoms. The highest BCUT2D eigenvalue weighted by molar-refractivity contribution is 7.89. The van der Waals surface area contributed by atoms with Crippen molar-refractivity contribution < 1.29 is 23.4 Å².